The molecule has 138 valence electrons. The van der Waals surface area contributed by atoms with Crippen molar-refractivity contribution >= 4 is 17.5 Å². The van der Waals surface area contributed by atoms with Gasteiger partial charge < -0.3 is 14.4 Å². The van der Waals surface area contributed by atoms with Gasteiger partial charge in [0.2, 0.25) is 0 Å². The highest BCUT2D eigenvalue weighted by Gasteiger charge is 2.23. The summed E-state index contributed by atoms with van der Waals surface area (Å²) in [6.07, 6.45) is 2.15. The molecule has 1 atom stereocenters. The van der Waals surface area contributed by atoms with Crippen molar-refractivity contribution in [3.8, 4) is 5.75 Å². The van der Waals surface area contributed by atoms with Gasteiger partial charge in [-0.05, 0) is 61.7 Å². The van der Waals surface area contributed by atoms with Gasteiger partial charge in [0.25, 0.3) is 5.91 Å². The fourth-order valence-electron chi connectivity index (χ4n) is 3.11. The lowest BCUT2D eigenvalue weighted by Gasteiger charge is -2.26. The number of nitrogens with zero attached hydrogens (tertiary/aromatic N) is 1. The molecule has 1 aliphatic heterocycles. The van der Waals surface area contributed by atoms with Crippen LogP contribution in [0, 0.1) is 0 Å². The van der Waals surface area contributed by atoms with Crippen LogP contribution < -0.4 is 4.74 Å². The molecule has 0 saturated carbocycles. The quantitative estimate of drug-likeness (QED) is 0.714. The van der Waals surface area contributed by atoms with Gasteiger partial charge in [-0.25, -0.2) is 0 Å². The Hall–Kier alpha value is -2.04. The lowest BCUT2D eigenvalue weighted by Crippen LogP contribution is -2.36. The zero-order valence-electron chi connectivity index (χ0n) is 15.0. The van der Waals surface area contributed by atoms with Crippen molar-refractivity contribution in [3.05, 3.63) is 64.7 Å². The Balaban J connectivity index is 1.76. The van der Waals surface area contributed by atoms with Gasteiger partial charge in [0.1, 0.15) is 5.75 Å². The molecule has 0 unspecified atom stereocenters. The van der Waals surface area contributed by atoms with Gasteiger partial charge in [-0.3, -0.25) is 4.79 Å². The second kappa shape index (κ2) is 9.06. The molecule has 1 amide bonds. The number of carbonyl (C=O) groups excluding carboxylic acids is 1. The van der Waals surface area contributed by atoms with Gasteiger partial charge in [-0.15, -0.1) is 0 Å². The molecular formula is C21H24ClNO3. The lowest BCUT2D eigenvalue weighted by atomic mass is 10.1. The number of rotatable bonds is 7. The van der Waals surface area contributed by atoms with Crippen molar-refractivity contribution in [1.29, 1.82) is 0 Å². The van der Waals surface area contributed by atoms with Crippen molar-refractivity contribution in [1.82, 2.24) is 4.90 Å². The molecule has 2 aromatic rings. The fraction of sp³-hybridized carbons (Fsp3) is 0.381. The molecule has 0 N–H and O–H groups in total. The molecule has 0 aliphatic carbocycles. The van der Waals surface area contributed by atoms with Crippen LogP contribution in [0.2, 0.25) is 5.02 Å². The maximum Gasteiger partial charge on any atom is 0.254 e. The molecule has 1 heterocycles. The first-order valence-electron chi connectivity index (χ1n) is 9.04. The van der Waals surface area contributed by atoms with E-state index in [9.17, 15) is 4.79 Å². The van der Waals surface area contributed by atoms with Crippen LogP contribution in [0.25, 0.3) is 0 Å². The number of carbonyl (C=O) groups is 1. The van der Waals surface area contributed by atoms with Crippen molar-refractivity contribution in [3.63, 3.8) is 0 Å². The smallest absolute Gasteiger partial charge is 0.254 e. The summed E-state index contributed by atoms with van der Waals surface area (Å²) < 4.78 is 11.2. The molecule has 3 rings (SSSR count). The molecule has 0 spiro atoms. The summed E-state index contributed by atoms with van der Waals surface area (Å²) in [5.74, 6) is 0.769. The molecule has 4 nitrogen and oxygen atoms in total. The van der Waals surface area contributed by atoms with Gasteiger partial charge in [0.15, 0.2) is 0 Å². The van der Waals surface area contributed by atoms with Crippen molar-refractivity contribution in [2.45, 2.75) is 32.4 Å². The van der Waals surface area contributed by atoms with Gasteiger partial charge >= 0.3 is 0 Å². The van der Waals surface area contributed by atoms with E-state index in [4.69, 9.17) is 21.1 Å². The first-order chi connectivity index (χ1) is 12.7. The van der Waals surface area contributed by atoms with Crippen molar-refractivity contribution in [2.75, 3.05) is 19.8 Å². The molecule has 26 heavy (non-hydrogen) atoms. The van der Waals surface area contributed by atoms with E-state index >= 15 is 0 Å². The molecule has 1 saturated heterocycles. The monoisotopic (exact) mass is 373 g/mol. The van der Waals surface area contributed by atoms with Gasteiger partial charge in [-0.1, -0.05) is 23.7 Å². The van der Waals surface area contributed by atoms with Gasteiger partial charge in [-0.2, -0.15) is 0 Å². The predicted octanol–water partition coefficient (Wildman–Crippen LogP) is 4.56. The van der Waals surface area contributed by atoms with Crippen LogP contribution >= 0.6 is 11.6 Å². The predicted molar refractivity (Wildman–Crippen MR) is 103 cm³/mol. The summed E-state index contributed by atoms with van der Waals surface area (Å²) in [5.41, 5.74) is 1.70. The Morgan fingerprint density at radius 2 is 1.92 bits per heavy atom. The third kappa shape index (κ3) is 4.99. The van der Waals surface area contributed by atoms with Crippen LogP contribution in [-0.4, -0.2) is 36.7 Å². The van der Waals surface area contributed by atoms with Crippen LogP contribution in [-0.2, 0) is 11.3 Å². The Labute approximate surface area is 159 Å². The molecule has 2 aromatic carbocycles. The Morgan fingerprint density at radius 1 is 1.19 bits per heavy atom. The fourth-order valence-corrected chi connectivity index (χ4v) is 3.23. The van der Waals surface area contributed by atoms with Crippen molar-refractivity contribution in [2.24, 2.45) is 0 Å². The van der Waals surface area contributed by atoms with E-state index in [1.807, 2.05) is 60.4 Å². The normalized spacial score (nSPS) is 16.5. The number of amides is 1. The number of hydrogen-bond acceptors (Lipinski definition) is 3. The molecular weight excluding hydrogens is 350 g/mol. The Kier molecular flexibility index (Phi) is 6.53. The van der Waals surface area contributed by atoms with E-state index in [1.165, 1.54) is 0 Å². The number of benzene rings is 2. The average Bonchev–Trinajstić information content (AvgIpc) is 3.16. The zero-order chi connectivity index (χ0) is 18.4. The molecule has 0 aromatic heterocycles. The van der Waals surface area contributed by atoms with E-state index < -0.39 is 0 Å². The van der Waals surface area contributed by atoms with Crippen LogP contribution in [0.3, 0.4) is 0 Å². The standard InChI is InChI=1S/C21H24ClNO3/c1-2-25-19-11-7-17(8-12-19)21(24)23(15-20-4-3-13-26-20)14-16-5-9-18(22)10-6-16/h5-12,20H,2-4,13-15H2,1H3/t20-/m1/s1. The van der Waals surface area contributed by atoms with Crippen LogP contribution in [0.1, 0.15) is 35.7 Å². The van der Waals surface area contributed by atoms with Gasteiger partial charge in [0, 0.05) is 30.3 Å². The molecule has 1 fully saturated rings. The summed E-state index contributed by atoms with van der Waals surface area (Å²) >= 11 is 5.97. The molecule has 5 heteroatoms. The zero-order valence-corrected chi connectivity index (χ0v) is 15.7. The third-order valence-corrected chi connectivity index (χ3v) is 4.69. The summed E-state index contributed by atoms with van der Waals surface area (Å²) in [6.45, 7) is 4.44. The average molecular weight is 374 g/mol. The SMILES string of the molecule is CCOc1ccc(C(=O)N(Cc2ccc(Cl)cc2)C[C@H]2CCCO2)cc1. The Morgan fingerprint density at radius 3 is 2.54 bits per heavy atom. The highest BCUT2D eigenvalue weighted by atomic mass is 35.5. The lowest BCUT2D eigenvalue weighted by molar-refractivity contribution is 0.0507. The maximum absolute atomic E-state index is 13.1. The number of ether oxygens (including phenoxy) is 2. The summed E-state index contributed by atoms with van der Waals surface area (Å²) in [7, 11) is 0. The van der Waals surface area contributed by atoms with E-state index in [-0.39, 0.29) is 12.0 Å². The minimum Gasteiger partial charge on any atom is -0.494 e. The first-order valence-corrected chi connectivity index (χ1v) is 9.41. The maximum atomic E-state index is 13.1. The van der Waals surface area contributed by atoms with Crippen molar-refractivity contribution < 1.29 is 14.3 Å². The third-order valence-electron chi connectivity index (χ3n) is 4.43. The van der Waals surface area contributed by atoms with Crippen LogP contribution in [0.4, 0.5) is 0 Å². The van der Waals surface area contributed by atoms with Crippen LogP contribution in [0.5, 0.6) is 5.75 Å². The Bertz CT molecular complexity index is 709. The summed E-state index contributed by atoms with van der Waals surface area (Å²) in [6, 6.07) is 14.9. The summed E-state index contributed by atoms with van der Waals surface area (Å²) in [5, 5.41) is 0.692. The molecule has 1 aliphatic rings. The highest BCUT2D eigenvalue weighted by Crippen LogP contribution is 2.20. The van der Waals surface area contributed by atoms with E-state index in [0.717, 1.165) is 30.8 Å². The second-order valence-electron chi connectivity index (χ2n) is 6.40. The van der Waals surface area contributed by atoms with E-state index in [2.05, 4.69) is 0 Å². The molecule has 0 bridgehead atoms. The number of halogens is 1. The van der Waals surface area contributed by atoms with E-state index in [1.54, 1.807) is 0 Å². The molecule has 0 radical (unpaired) electrons. The minimum atomic E-state index is -0.00139. The van der Waals surface area contributed by atoms with Gasteiger partial charge in [0.05, 0.1) is 12.7 Å². The second-order valence-corrected chi connectivity index (χ2v) is 6.84. The first kappa shape index (κ1) is 18.7. The minimum absolute atomic E-state index is 0.00139. The highest BCUT2D eigenvalue weighted by molar-refractivity contribution is 6.30. The van der Waals surface area contributed by atoms with E-state index in [0.29, 0.717) is 30.3 Å². The number of hydrogen-bond donors (Lipinski definition) is 0. The largest absolute Gasteiger partial charge is 0.494 e. The topological polar surface area (TPSA) is 38.8 Å². The van der Waals surface area contributed by atoms with Crippen LogP contribution in [0.15, 0.2) is 48.5 Å². The summed E-state index contributed by atoms with van der Waals surface area (Å²) in [4.78, 5) is 14.9.